The Morgan fingerprint density at radius 3 is 2.60 bits per heavy atom. The molecular weight excluding hydrogens is 284 g/mol. The van der Waals surface area contributed by atoms with E-state index in [9.17, 15) is 14.9 Å². The molecule has 0 aromatic heterocycles. The molecule has 0 heterocycles. The molecule has 0 bridgehead atoms. The number of halogens is 1. The molecule has 0 N–H and O–H groups in total. The lowest BCUT2D eigenvalue weighted by Crippen LogP contribution is -2.38. The second kappa shape index (κ2) is 7.09. The second-order valence-corrected chi connectivity index (χ2v) is 4.77. The van der Waals surface area contributed by atoms with Crippen LogP contribution in [0.5, 0.6) is 5.75 Å². The molecule has 20 heavy (non-hydrogen) atoms. The molecule has 0 radical (unpaired) electrons. The number of carbonyl (C=O) groups excluding carboxylic acids is 1. The summed E-state index contributed by atoms with van der Waals surface area (Å²) in [5.74, 6) is -0.0647. The molecule has 0 atom stereocenters. The van der Waals surface area contributed by atoms with Crippen LogP contribution in [0.1, 0.15) is 24.2 Å². The minimum atomic E-state index is -0.573. The summed E-state index contributed by atoms with van der Waals surface area (Å²) in [6.07, 6.45) is 0. The largest absolute Gasteiger partial charge is 0.490 e. The molecule has 1 aromatic carbocycles. The maximum Gasteiger partial charge on any atom is 0.311 e. The van der Waals surface area contributed by atoms with E-state index in [1.165, 1.54) is 25.3 Å². The van der Waals surface area contributed by atoms with Gasteiger partial charge < -0.3 is 9.64 Å². The molecule has 6 nitrogen and oxygen atoms in total. The number of nitro benzene ring substituents is 1. The molecule has 0 saturated heterocycles. The molecule has 110 valence electrons. The van der Waals surface area contributed by atoms with Crippen LogP contribution in [0, 0.1) is 10.1 Å². The Labute approximate surface area is 122 Å². The van der Waals surface area contributed by atoms with Gasteiger partial charge in [-0.2, -0.15) is 0 Å². The van der Waals surface area contributed by atoms with Crippen LogP contribution in [0.3, 0.4) is 0 Å². The molecule has 0 aliphatic carbocycles. The predicted molar refractivity (Wildman–Crippen MR) is 76.5 cm³/mol. The predicted octanol–water partition coefficient (Wildman–Crippen LogP) is 2.69. The highest BCUT2D eigenvalue weighted by atomic mass is 35.5. The fourth-order valence-electron chi connectivity index (χ4n) is 1.89. The Bertz CT molecular complexity index is 505. The van der Waals surface area contributed by atoms with Crippen molar-refractivity contribution in [3.8, 4) is 5.75 Å². The van der Waals surface area contributed by atoms with Gasteiger partial charge in [-0.15, -0.1) is 11.6 Å². The van der Waals surface area contributed by atoms with Gasteiger partial charge >= 0.3 is 5.69 Å². The molecule has 1 rings (SSSR count). The molecule has 0 aliphatic heterocycles. The fourth-order valence-corrected chi connectivity index (χ4v) is 2.07. The normalized spacial score (nSPS) is 10.4. The van der Waals surface area contributed by atoms with E-state index in [0.717, 1.165) is 0 Å². The van der Waals surface area contributed by atoms with Crippen LogP contribution >= 0.6 is 11.6 Å². The summed E-state index contributed by atoms with van der Waals surface area (Å²) in [5.41, 5.74) is -0.0616. The highest BCUT2D eigenvalue weighted by Crippen LogP contribution is 2.31. The first-order chi connectivity index (χ1) is 9.43. The Kier molecular flexibility index (Phi) is 5.76. The molecule has 1 aromatic rings. The van der Waals surface area contributed by atoms with E-state index < -0.39 is 4.92 Å². The van der Waals surface area contributed by atoms with Gasteiger partial charge in [0.25, 0.3) is 5.91 Å². The first-order valence-electron chi connectivity index (χ1n) is 6.12. The summed E-state index contributed by atoms with van der Waals surface area (Å²) in [6, 6.07) is 4.21. The van der Waals surface area contributed by atoms with Crippen molar-refractivity contribution < 1.29 is 14.5 Å². The standard InChI is InChI=1S/C13H17ClN2O4/c1-9(2)15(8-7-14)13(17)10-5-4-6-11(16(18)19)12(10)20-3/h4-6,9H,7-8H2,1-3H3. The number of alkyl halides is 1. The molecule has 0 saturated carbocycles. The quantitative estimate of drug-likeness (QED) is 0.460. The van der Waals surface area contributed by atoms with Crippen LogP contribution < -0.4 is 4.74 Å². The van der Waals surface area contributed by atoms with Crippen molar-refractivity contribution in [3.05, 3.63) is 33.9 Å². The van der Waals surface area contributed by atoms with Crippen LogP contribution in [0.25, 0.3) is 0 Å². The Morgan fingerprint density at radius 1 is 1.50 bits per heavy atom. The Hall–Kier alpha value is -1.82. The Morgan fingerprint density at radius 2 is 2.15 bits per heavy atom. The SMILES string of the molecule is COc1c(C(=O)N(CCCl)C(C)C)cccc1[N+](=O)[O-]. The number of amides is 1. The van der Waals surface area contributed by atoms with Gasteiger partial charge in [0.1, 0.15) is 0 Å². The van der Waals surface area contributed by atoms with Gasteiger partial charge in [0, 0.05) is 24.5 Å². The summed E-state index contributed by atoms with van der Waals surface area (Å²) in [4.78, 5) is 24.4. The van der Waals surface area contributed by atoms with Gasteiger partial charge in [-0.1, -0.05) is 6.07 Å². The minimum Gasteiger partial charge on any atom is -0.490 e. The second-order valence-electron chi connectivity index (χ2n) is 4.40. The lowest BCUT2D eigenvalue weighted by Gasteiger charge is -2.26. The topological polar surface area (TPSA) is 72.7 Å². The molecule has 1 amide bonds. The average Bonchev–Trinajstić information content (AvgIpc) is 2.42. The third kappa shape index (κ3) is 3.39. The lowest BCUT2D eigenvalue weighted by atomic mass is 10.1. The van der Waals surface area contributed by atoms with Crippen LogP contribution in [0.2, 0.25) is 0 Å². The van der Waals surface area contributed by atoms with Crippen molar-refractivity contribution >= 4 is 23.2 Å². The monoisotopic (exact) mass is 300 g/mol. The molecule has 0 spiro atoms. The first kappa shape index (κ1) is 16.2. The van der Waals surface area contributed by atoms with E-state index in [1.54, 1.807) is 4.90 Å². The maximum absolute atomic E-state index is 12.5. The van der Waals surface area contributed by atoms with Crippen molar-refractivity contribution in [3.63, 3.8) is 0 Å². The number of ether oxygens (including phenoxy) is 1. The number of hydrogen-bond acceptors (Lipinski definition) is 4. The summed E-state index contributed by atoms with van der Waals surface area (Å²) in [7, 11) is 1.31. The van der Waals surface area contributed by atoms with E-state index in [0.29, 0.717) is 12.4 Å². The van der Waals surface area contributed by atoms with E-state index in [1.807, 2.05) is 13.8 Å². The van der Waals surface area contributed by atoms with Gasteiger partial charge in [-0.25, -0.2) is 0 Å². The number of hydrogen-bond donors (Lipinski definition) is 0. The van der Waals surface area contributed by atoms with E-state index in [2.05, 4.69) is 0 Å². The van der Waals surface area contributed by atoms with E-state index in [-0.39, 0.29) is 28.9 Å². The number of nitrogens with zero attached hydrogens (tertiary/aromatic N) is 2. The van der Waals surface area contributed by atoms with Crippen molar-refractivity contribution in [1.82, 2.24) is 4.90 Å². The maximum atomic E-state index is 12.5. The van der Waals surface area contributed by atoms with Crippen LogP contribution in [0.4, 0.5) is 5.69 Å². The number of rotatable bonds is 6. The Balaban J connectivity index is 3.27. The van der Waals surface area contributed by atoms with Gasteiger partial charge in [-0.05, 0) is 19.9 Å². The number of nitro groups is 1. The zero-order valence-electron chi connectivity index (χ0n) is 11.6. The molecule has 0 aliphatic rings. The molecule has 0 fully saturated rings. The fraction of sp³-hybridized carbons (Fsp3) is 0.462. The van der Waals surface area contributed by atoms with E-state index >= 15 is 0 Å². The van der Waals surface area contributed by atoms with Gasteiger partial charge in [0.05, 0.1) is 17.6 Å². The van der Waals surface area contributed by atoms with Crippen LogP contribution in [-0.4, -0.2) is 41.3 Å². The molecule has 0 unspecified atom stereocenters. The third-order valence-corrected chi connectivity index (χ3v) is 3.00. The van der Waals surface area contributed by atoms with E-state index in [4.69, 9.17) is 16.3 Å². The average molecular weight is 301 g/mol. The van der Waals surface area contributed by atoms with Crippen molar-refractivity contribution in [2.45, 2.75) is 19.9 Å². The first-order valence-corrected chi connectivity index (χ1v) is 6.65. The van der Waals surface area contributed by atoms with Crippen LogP contribution in [-0.2, 0) is 0 Å². The summed E-state index contributed by atoms with van der Waals surface area (Å²) in [6.45, 7) is 4.08. The highest BCUT2D eigenvalue weighted by Gasteiger charge is 2.26. The third-order valence-electron chi connectivity index (χ3n) is 2.84. The summed E-state index contributed by atoms with van der Waals surface area (Å²) >= 11 is 5.69. The molecular formula is C13H17ClN2O4. The summed E-state index contributed by atoms with van der Waals surface area (Å²) < 4.78 is 5.04. The number of methoxy groups -OCH3 is 1. The number of para-hydroxylation sites is 1. The van der Waals surface area contributed by atoms with Crippen molar-refractivity contribution in [2.75, 3.05) is 19.5 Å². The summed E-state index contributed by atoms with van der Waals surface area (Å²) in [5, 5.41) is 11.0. The van der Waals surface area contributed by atoms with Crippen LogP contribution in [0.15, 0.2) is 18.2 Å². The van der Waals surface area contributed by atoms with Gasteiger partial charge in [0.2, 0.25) is 5.75 Å². The smallest absolute Gasteiger partial charge is 0.311 e. The zero-order chi connectivity index (χ0) is 15.3. The van der Waals surface area contributed by atoms with Crippen molar-refractivity contribution in [2.24, 2.45) is 0 Å². The number of benzene rings is 1. The van der Waals surface area contributed by atoms with Crippen molar-refractivity contribution in [1.29, 1.82) is 0 Å². The molecule has 7 heteroatoms. The zero-order valence-corrected chi connectivity index (χ0v) is 12.4. The van der Waals surface area contributed by atoms with Gasteiger partial charge in [0.15, 0.2) is 0 Å². The highest BCUT2D eigenvalue weighted by molar-refractivity contribution is 6.18. The van der Waals surface area contributed by atoms with Gasteiger partial charge in [-0.3, -0.25) is 14.9 Å². The lowest BCUT2D eigenvalue weighted by molar-refractivity contribution is -0.385. The minimum absolute atomic E-state index is 0.0253. The number of carbonyl (C=O) groups is 1.